The molecule has 0 aromatic carbocycles. The molecule has 8 nitrogen and oxygen atoms in total. The molecule has 19 heavy (non-hydrogen) atoms. The number of carboxylic acids is 2. The van der Waals surface area contributed by atoms with Crippen molar-refractivity contribution < 1.29 is 24.6 Å². The first-order valence-corrected chi connectivity index (χ1v) is 5.53. The Balaban J connectivity index is 2.82. The smallest absolute Gasteiger partial charge is 0.323 e. The summed E-state index contributed by atoms with van der Waals surface area (Å²) in [5.74, 6) is -3.07. The monoisotopic (exact) mass is 269 g/mol. The Kier molecular flexibility index (Phi) is 4.62. The molecule has 104 valence electrons. The zero-order valence-corrected chi connectivity index (χ0v) is 10.6. The van der Waals surface area contributed by atoms with E-state index in [1.165, 1.54) is 0 Å². The number of aryl methyl sites for hydroxylation is 2. The maximum atomic E-state index is 11.9. The number of carbonyl (C=O) groups is 3. The quantitative estimate of drug-likeness (QED) is 0.643. The molecule has 1 heterocycles. The summed E-state index contributed by atoms with van der Waals surface area (Å²) in [4.78, 5) is 34.0. The van der Waals surface area contributed by atoms with E-state index in [0.717, 1.165) is 4.90 Å². The Morgan fingerprint density at radius 3 is 2.05 bits per heavy atom. The van der Waals surface area contributed by atoms with E-state index in [0.29, 0.717) is 17.0 Å². The highest BCUT2D eigenvalue weighted by Crippen LogP contribution is 2.11. The Morgan fingerprint density at radius 1 is 1.16 bits per heavy atom. The minimum atomic E-state index is -1.25. The van der Waals surface area contributed by atoms with E-state index in [2.05, 4.69) is 10.2 Å². The van der Waals surface area contributed by atoms with Crippen molar-refractivity contribution >= 4 is 17.8 Å². The van der Waals surface area contributed by atoms with Crippen LogP contribution in [-0.2, 0) is 20.8 Å². The lowest BCUT2D eigenvalue weighted by Crippen LogP contribution is -2.40. The lowest BCUT2D eigenvalue weighted by atomic mass is 10.1. The van der Waals surface area contributed by atoms with Gasteiger partial charge in [-0.3, -0.25) is 19.5 Å². The third kappa shape index (κ3) is 4.09. The van der Waals surface area contributed by atoms with Gasteiger partial charge in [0.1, 0.15) is 13.1 Å². The Labute approximate surface area is 109 Å². The zero-order chi connectivity index (χ0) is 14.6. The van der Waals surface area contributed by atoms with E-state index in [1.807, 2.05) is 0 Å². The van der Waals surface area contributed by atoms with E-state index < -0.39 is 30.9 Å². The Morgan fingerprint density at radius 2 is 1.68 bits per heavy atom. The van der Waals surface area contributed by atoms with Gasteiger partial charge < -0.3 is 15.1 Å². The molecule has 0 aliphatic heterocycles. The van der Waals surface area contributed by atoms with Crippen molar-refractivity contribution in [2.45, 2.75) is 20.3 Å². The first kappa shape index (κ1) is 14.7. The van der Waals surface area contributed by atoms with E-state index in [4.69, 9.17) is 10.2 Å². The van der Waals surface area contributed by atoms with Gasteiger partial charge >= 0.3 is 11.9 Å². The Hall–Kier alpha value is -2.38. The number of nitrogens with one attached hydrogen (secondary N) is 1. The molecular weight excluding hydrogens is 254 g/mol. The number of carbonyl (C=O) groups excluding carboxylic acids is 1. The van der Waals surface area contributed by atoms with Crippen LogP contribution >= 0.6 is 0 Å². The van der Waals surface area contributed by atoms with Crippen LogP contribution < -0.4 is 0 Å². The van der Waals surface area contributed by atoms with Crippen LogP contribution in [0.3, 0.4) is 0 Å². The van der Waals surface area contributed by atoms with Crippen molar-refractivity contribution in [1.82, 2.24) is 15.1 Å². The number of rotatable bonds is 6. The van der Waals surface area contributed by atoms with Crippen LogP contribution in [0.4, 0.5) is 0 Å². The second kappa shape index (κ2) is 5.98. The van der Waals surface area contributed by atoms with Crippen molar-refractivity contribution in [2.24, 2.45) is 0 Å². The molecule has 0 saturated carbocycles. The maximum Gasteiger partial charge on any atom is 0.323 e. The number of hydrogen-bond donors (Lipinski definition) is 3. The van der Waals surface area contributed by atoms with Crippen LogP contribution in [0.2, 0.25) is 0 Å². The average Bonchev–Trinajstić information content (AvgIpc) is 2.58. The minimum Gasteiger partial charge on any atom is -0.480 e. The zero-order valence-electron chi connectivity index (χ0n) is 10.6. The number of hydrogen-bond acceptors (Lipinski definition) is 4. The number of amides is 1. The van der Waals surface area contributed by atoms with Crippen LogP contribution in [0, 0.1) is 13.8 Å². The highest BCUT2D eigenvalue weighted by atomic mass is 16.4. The molecule has 0 atom stereocenters. The van der Waals surface area contributed by atoms with Gasteiger partial charge in [0.25, 0.3) is 0 Å². The molecule has 1 rings (SSSR count). The molecule has 1 aromatic heterocycles. The number of carboxylic acid groups (broad SMARTS) is 2. The molecule has 0 radical (unpaired) electrons. The third-order valence-electron chi connectivity index (χ3n) is 2.61. The highest BCUT2D eigenvalue weighted by molar-refractivity contribution is 5.86. The van der Waals surface area contributed by atoms with Gasteiger partial charge in [-0.15, -0.1) is 0 Å². The van der Waals surface area contributed by atoms with Gasteiger partial charge in [0.15, 0.2) is 0 Å². The summed E-state index contributed by atoms with van der Waals surface area (Å²) in [7, 11) is 0. The van der Waals surface area contributed by atoms with Crippen molar-refractivity contribution in [2.75, 3.05) is 13.1 Å². The predicted molar refractivity (Wildman–Crippen MR) is 63.6 cm³/mol. The second-order valence-electron chi connectivity index (χ2n) is 4.13. The first-order valence-electron chi connectivity index (χ1n) is 5.53. The van der Waals surface area contributed by atoms with Crippen LogP contribution in [0.25, 0.3) is 0 Å². The van der Waals surface area contributed by atoms with Crippen molar-refractivity contribution in [3.63, 3.8) is 0 Å². The topological polar surface area (TPSA) is 124 Å². The van der Waals surface area contributed by atoms with Crippen molar-refractivity contribution in [3.8, 4) is 0 Å². The van der Waals surface area contributed by atoms with Crippen molar-refractivity contribution in [1.29, 1.82) is 0 Å². The van der Waals surface area contributed by atoms with Gasteiger partial charge in [-0.05, 0) is 13.8 Å². The predicted octanol–water partition coefficient (Wildman–Crippen LogP) is -0.433. The maximum absolute atomic E-state index is 11.9. The van der Waals surface area contributed by atoms with Gasteiger partial charge in [-0.1, -0.05) is 0 Å². The molecule has 0 aliphatic rings. The normalized spacial score (nSPS) is 10.2. The SMILES string of the molecule is Cc1n[nH]c(C)c1CC(=O)N(CC(=O)O)CC(=O)O. The molecule has 0 saturated heterocycles. The lowest BCUT2D eigenvalue weighted by molar-refractivity contribution is -0.149. The summed E-state index contributed by atoms with van der Waals surface area (Å²) in [6, 6.07) is 0. The molecule has 1 aromatic rings. The van der Waals surface area contributed by atoms with Gasteiger partial charge in [0, 0.05) is 11.3 Å². The molecule has 8 heteroatoms. The summed E-state index contributed by atoms with van der Waals surface area (Å²) in [6.07, 6.45) is -0.0747. The van der Waals surface area contributed by atoms with Gasteiger partial charge in [-0.2, -0.15) is 5.10 Å². The minimum absolute atomic E-state index is 0.0747. The molecule has 0 unspecified atom stereocenters. The molecule has 0 spiro atoms. The molecule has 1 amide bonds. The Bertz CT molecular complexity index is 473. The van der Waals surface area contributed by atoms with Crippen LogP contribution in [-0.4, -0.2) is 56.2 Å². The van der Waals surface area contributed by atoms with Gasteiger partial charge in [0.2, 0.25) is 5.91 Å². The fraction of sp³-hybridized carbons (Fsp3) is 0.455. The first-order chi connectivity index (χ1) is 8.81. The van der Waals surface area contributed by atoms with E-state index >= 15 is 0 Å². The molecule has 3 N–H and O–H groups in total. The number of H-pyrrole nitrogens is 1. The number of aromatic amines is 1. The third-order valence-corrected chi connectivity index (χ3v) is 2.61. The summed E-state index contributed by atoms with van der Waals surface area (Å²) < 4.78 is 0. The van der Waals surface area contributed by atoms with Gasteiger partial charge in [-0.25, -0.2) is 0 Å². The second-order valence-corrected chi connectivity index (χ2v) is 4.13. The van der Waals surface area contributed by atoms with Crippen LogP contribution in [0.15, 0.2) is 0 Å². The number of aromatic nitrogens is 2. The van der Waals surface area contributed by atoms with E-state index in [1.54, 1.807) is 13.8 Å². The fourth-order valence-electron chi connectivity index (χ4n) is 1.66. The molecular formula is C11H15N3O5. The van der Waals surface area contributed by atoms with E-state index in [-0.39, 0.29) is 6.42 Å². The average molecular weight is 269 g/mol. The summed E-state index contributed by atoms with van der Waals surface area (Å²) in [5.41, 5.74) is 2.00. The highest BCUT2D eigenvalue weighted by Gasteiger charge is 2.21. The standard InChI is InChI=1S/C11H15N3O5/c1-6-8(7(2)13-12-6)3-9(15)14(4-10(16)17)5-11(18)19/h3-5H2,1-2H3,(H,12,13)(H,16,17)(H,18,19). The lowest BCUT2D eigenvalue weighted by Gasteiger charge is -2.18. The molecule has 0 fully saturated rings. The summed E-state index contributed by atoms with van der Waals surface area (Å²) in [5, 5.41) is 24.0. The van der Waals surface area contributed by atoms with Crippen LogP contribution in [0.5, 0.6) is 0 Å². The van der Waals surface area contributed by atoms with E-state index in [9.17, 15) is 14.4 Å². The van der Waals surface area contributed by atoms with Crippen molar-refractivity contribution in [3.05, 3.63) is 17.0 Å². The summed E-state index contributed by atoms with van der Waals surface area (Å²) >= 11 is 0. The fourth-order valence-corrected chi connectivity index (χ4v) is 1.66. The van der Waals surface area contributed by atoms with Crippen LogP contribution in [0.1, 0.15) is 17.0 Å². The summed E-state index contributed by atoms with van der Waals surface area (Å²) in [6.45, 7) is 2.17. The van der Waals surface area contributed by atoms with Gasteiger partial charge in [0.05, 0.1) is 12.1 Å². The molecule has 0 aliphatic carbocycles. The largest absolute Gasteiger partial charge is 0.480 e. The molecule has 0 bridgehead atoms. The number of aliphatic carboxylic acids is 2. The number of nitrogens with zero attached hydrogens (tertiary/aromatic N) is 2.